The number of hydrogen-bond donors (Lipinski definition) is 0. The van der Waals surface area contributed by atoms with Crippen LogP contribution in [-0.2, 0) is 18.8 Å². The number of hydrogen-bond acceptors (Lipinski definition) is 4. The minimum Gasteiger partial charge on any atom is -0.245 e. The van der Waals surface area contributed by atoms with Gasteiger partial charge in [0.1, 0.15) is 18.5 Å². The Morgan fingerprint density at radius 2 is 2.21 bits per heavy atom. The van der Waals surface area contributed by atoms with Crippen molar-refractivity contribution in [3.63, 3.8) is 0 Å². The van der Waals surface area contributed by atoms with Crippen LogP contribution in [0.25, 0.3) is 0 Å². The van der Waals surface area contributed by atoms with E-state index in [1.165, 1.54) is 18.2 Å². The minimum atomic E-state index is -3.88. The molecule has 0 spiro atoms. The maximum Gasteiger partial charge on any atom is 0.400 e. The van der Waals surface area contributed by atoms with Crippen molar-refractivity contribution in [2.75, 3.05) is 6.61 Å². The largest absolute Gasteiger partial charge is 0.400 e. The monoisotopic (exact) mass is 218 g/mol. The molecule has 0 amide bonds. The standard InChI is InChI=1S/C8H7FO4S/c9-7-3-1-2-6(4-7)8-5-12-14(10,11)13-8/h1-4,8H,5H2. The summed E-state index contributed by atoms with van der Waals surface area (Å²) in [7, 11) is -3.88. The summed E-state index contributed by atoms with van der Waals surface area (Å²) in [5.74, 6) is -0.435. The Balaban J connectivity index is 2.26. The van der Waals surface area contributed by atoms with Crippen molar-refractivity contribution in [2.24, 2.45) is 0 Å². The molecule has 1 aliphatic rings. The Kier molecular flexibility index (Phi) is 2.26. The summed E-state index contributed by atoms with van der Waals surface area (Å²) >= 11 is 0. The molecule has 0 saturated carbocycles. The molecule has 0 bridgehead atoms. The second-order valence-electron chi connectivity index (χ2n) is 2.83. The highest BCUT2D eigenvalue weighted by Gasteiger charge is 2.31. The molecule has 1 unspecified atom stereocenters. The van der Waals surface area contributed by atoms with Gasteiger partial charge in [0.15, 0.2) is 0 Å². The predicted octanol–water partition coefficient (Wildman–Crippen LogP) is 1.16. The van der Waals surface area contributed by atoms with Gasteiger partial charge in [0.25, 0.3) is 0 Å². The van der Waals surface area contributed by atoms with Crippen molar-refractivity contribution in [2.45, 2.75) is 6.10 Å². The van der Waals surface area contributed by atoms with E-state index in [1.54, 1.807) is 6.07 Å². The van der Waals surface area contributed by atoms with Gasteiger partial charge in [-0.25, -0.2) is 12.8 Å². The molecule has 0 N–H and O–H groups in total. The third-order valence-corrected chi connectivity index (χ3v) is 2.71. The van der Waals surface area contributed by atoms with Gasteiger partial charge in [0.05, 0.1) is 0 Å². The Morgan fingerprint density at radius 3 is 2.79 bits per heavy atom. The van der Waals surface area contributed by atoms with Gasteiger partial charge in [0.2, 0.25) is 0 Å². The number of benzene rings is 1. The topological polar surface area (TPSA) is 52.6 Å². The van der Waals surface area contributed by atoms with Crippen LogP contribution in [0.2, 0.25) is 0 Å². The van der Waals surface area contributed by atoms with E-state index in [-0.39, 0.29) is 6.61 Å². The van der Waals surface area contributed by atoms with Gasteiger partial charge in [-0.05, 0) is 17.7 Å². The SMILES string of the molecule is O=S1(=O)OCC(c2cccc(F)c2)O1. The molecule has 0 radical (unpaired) electrons. The van der Waals surface area contributed by atoms with E-state index in [4.69, 9.17) is 0 Å². The molecule has 2 rings (SSSR count). The number of halogens is 1. The first kappa shape index (κ1) is 9.57. The van der Waals surface area contributed by atoms with E-state index < -0.39 is 22.3 Å². The first-order valence-electron chi connectivity index (χ1n) is 3.90. The van der Waals surface area contributed by atoms with Crippen LogP contribution in [0.4, 0.5) is 4.39 Å². The number of rotatable bonds is 1. The lowest BCUT2D eigenvalue weighted by Crippen LogP contribution is -2.01. The van der Waals surface area contributed by atoms with E-state index >= 15 is 0 Å². The Labute approximate surface area is 80.6 Å². The summed E-state index contributed by atoms with van der Waals surface area (Å²) in [5, 5.41) is 0. The zero-order chi connectivity index (χ0) is 10.2. The van der Waals surface area contributed by atoms with Crippen molar-refractivity contribution in [3.8, 4) is 0 Å². The highest BCUT2D eigenvalue weighted by atomic mass is 32.3. The summed E-state index contributed by atoms with van der Waals surface area (Å²) in [4.78, 5) is 0. The fourth-order valence-electron chi connectivity index (χ4n) is 1.20. The van der Waals surface area contributed by atoms with Gasteiger partial charge in [-0.1, -0.05) is 12.1 Å². The molecule has 1 atom stereocenters. The Morgan fingerprint density at radius 1 is 1.43 bits per heavy atom. The summed E-state index contributed by atoms with van der Waals surface area (Å²) in [6.45, 7) is -0.105. The molecule has 4 nitrogen and oxygen atoms in total. The molecular weight excluding hydrogens is 211 g/mol. The Bertz CT molecular complexity index is 442. The lowest BCUT2D eigenvalue weighted by atomic mass is 10.1. The quantitative estimate of drug-likeness (QED) is 0.709. The molecule has 1 aliphatic heterocycles. The smallest absolute Gasteiger partial charge is 0.245 e. The van der Waals surface area contributed by atoms with Crippen molar-refractivity contribution in [3.05, 3.63) is 35.6 Å². The Hall–Kier alpha value is -0.980. The third kappa shape index (κ3) is 1.92. The average Bonchev–Trinajstić information content (AvgIpc) is 2.46. The molecule has 0 aromatic heterocycles. The van der Waals surface area contributed by atoms with Crippen LogP contribution in [0.5, 0.6) is 0 Å². The lowest BCUT2D eigenvalue weighted by Gasteiger charge is -2.04. The molecule has 0 aliphatic carbocycles. The molecule has 1 heterocycles. The van der Waals surface area contributed by atoms with Crippen LogP contribution in [0.15, 0.2) is 24.3 Å². The maximum absolute atomic E-state index is 12.8. The molecular formula is C8H7FO4S. The molecule has 76 valence electrons. The van der Waals surface area contributed by atoms with Crippen LogP contribution in [-0.4, -0.2) is 15.0 Å². The fourth-order valence-corrected chi connectivity index (χ4v) is 2.00. The molecule has 1 aromatic carbocycles. The van der Waals surface area contributed by atoms with E-state index in [9.17, 15) is 12.8 Å². The predicted molar refractivity (Wildman–Crippen MR) is 45.1 cm³/mol. The van der Waals surface area contributed by atoms with Crippen molar-refractivity contribution < 1.29 is 21.2 Å². The van der Waals surface area contributed by atoms with Gasteiger partial charge in [-0.3, -0.25) is 0 Å². The first-order valence-corrected chi connectivity index (χ1v) is 5.23. The molecule has 6 heteroatoms. The fraction of sp³-hybridized carbons (Fsp3) is 0.250. The summed E-state index contributed by atoms with van der Waals surface area (Å²) in [6.07, 6.45) is -0.740. The van der Waals surface area contributed by atoms with Crippen molar-refractivity contribution in [1.29, 1.82) is 0 Å². The second-order valence-corrected chi connectivity index (χ2v) is 4.08. The van der Waals surface area contributed by atoms with Crippen molar-refractivity contribution >= 4 is 10.4 Å². The molecule has 14 heavy (non-hydrogen) atoms. The molecule has 1 fully saturated rings. The highest BCUT2D eigenvalue weighted by molar-refractivity contribution is 7.82. The summed E-state index contributed by atoms with van der Waals surface area (Å²) in [5.41, 5.74) is 0.450. The first-order chi connectivity index (χ1) is 6.57. The summed E-state index contributed by atoms with van der Waals surface area (Å²) < 4.78 is 43.2. The van der Waals surface area contributed by atoms with Gasteiger partial charge >= 0.3 is 10.4 Å². The molecule has 1 saturated heterocycles. The van der Waals surface area contributed by atoms with Gasteiger partial charge in [-0.15, -0.1) is 0 Å². The van der Waals surface area contributed by atoms with Crippen LogP contribution in [0.3, 0.4) is 0 Å². The highest BCUT2D eigenvalue weighted by Crippen LogP contribution is 2.27. The van der Waals surface area contributed by atoms with Crippen LogP contribution >= 0.6 is 0 Å². The normalized spacial score (nSPS) is 25.1. The van der Waals surface area contributed by atoms with Gasteiger partial charge in [-0.2, -0.15) is 8.42 Å². The average molecular weight is 218 g/mol. The second kappa shape index (κ2) is 3.30. The lowest BCUT2D eigenvalue weighted by molar-refractivity contribution is 0.241. The van der Waals surface area contributed by atoms with Crippen LogP contribution < -0.4 is 0 Å². The van der Waals surface area contributed by atoms with Gasteiger partial charge < -0.3 is 0 Å². The summed E-state index contributed by atoms with van der Waals surface area (Å²) in [6, 6.07) is 5.56. The zero-order valence-electron chi connectivity index (χ0n) is 7.01. The van der Waals surface area contributed by atoms with E-state index in [0.717, 1.165) is 0 Å². The maximum atomic E-state index is 12.8. The van der Waals surface area contributed by atoms with E-state index in [0.29, 0.717) is 5.56 Å². The van der Waals surface area contributed by atoms with Crippen LogP contribution in [0.1, 0.15) is 11.7 Å². The third-order valence-electron chi connectivity index (χ3n) is 1.82. The van der Waals surface area contributed by atoms with Crippen molar-refractivity contribution in [1.82, 2.24) is 0 Å². The van der Waals surface area contributed by atoms with E-state index in [1.807, 2.05) is 0 Å². The molecule has 1 aromatic rings. The van der Waals surface area contributed by atoms with E-state index in [2.05, 4.69) is 8.37 Å². The minimum absolute atomic E-state index is 0.105. The van der Waals surface area contributed by atoms with Gasteiger partial charge in [0, 0.05) is 0 Å². The van der Waals surface area contributed by atoms with Crippen LogP contribution in [0, 0.1) is 5.82 Å². The zero-order valence-corrected chi connectivity index (χ0v) is 7.83.